The van der Waals surface area contributed by atoms with Crippen LogP contribution >= 0.6 is 23.2 Å². The Labute approximate surface area is 87.6 Å². The van der Waals surface area contributed by atoms with Gasteiger partial charge in [-0.2, -0.15) is 4.98 Å². The zero-order chi connectivity index (χ0) is 10.9. The smallest absolute Gasteiger partial charge is 0.388 e. The summed E-state index contributed by atoms with van der Waals surface area (Å²) in [5.74, 6) is -0.591. The Kier molecular flexibility index (Phi) is 3.11. The Morgan fingerprint density at radius 1 is 1.36 bits per heavy atom. The number of nitrogens with zero attached hydrogens (tertiary/aromatic N) is 1. The summed E-state index contributed by atoms with van der Waals surface area (Å²) in [6.45, 7) is 1.39. The van der Waals surface area contributed by atoms with Crippen LogP contribution < -0.4 is 4.74 Å². The number of rotatable bonds is 1. The van der Waals surface area contributed by atoms with Crippen LogP contribution in [0.15, 0.2) is 6.07 Å². The molecule has 1 aromatic rings. The molecule has 0 bridgehead atoms. The highest BCUT2D eigenvalue weighted by molar-refractivity contribution is 6.41. The van der Waals surface area contributed by atoms with E-state index in [2.05, 4.69) is 9.72 Å². The molecule has 0 saturated heterocycles. The molecule has 1 rings (SSSR count). The van der Waals surface area contributed by atoms with Crippen molar-refractivity contribution in [2.75, 3.05) is 0 Å². The minimum Gasteiger partial charge on any atom is -0.388 e. The SMILES string of the molecule is Cc1cc(Cl)c(Cl)nc1OC(F)(F)F. The largest absolute Gasteiger partial charge is 0.574 e. The quantitative estimate of drug-likeness (QED) is 0.706. The highest BCUT2D eigenvalue weighted by Gasteiger charge is 2.32. The predicted molar refractivity (Wildman–Crippen MR) is 45.7 cm³/mol. The van der Waals surface area contributed by atoms with Crippen molar-refractivity contribution in [2.24, 2.45) is 0 Å². The molecule has 0 aliphatic heterocycles. The van der Waals surface area contributed by atoms with Crippen LogP contribution in [0.25, 0.3) is 0 Å². The lowest BCUT2D eigenvalue weighted by Crippen LogP contribution is -2.18. The van der Waals surface area contributed by atoms with E-state index in [4.69, 9.17) is 23.2 Å². The molecule has 1 aromatic heterocycles. The van der Waals surface area contributed by atoms with Gasteiger partial charge in [0.15, 0.2) is 5.15 Å². The van der Waals surface area contributed by atoms with Crippen LogP contribution in [0.5, 0.6) is 5.88 Å². The lowest BCUT2D eigenvalue weighted by Gasteiger charge is -2.10. The van der Waals surface area contributed by atoms with Crippen LogP contribution in [0.3, 0.4) is 0 Å². The van der Waals surface area contributed by atoms with Gasteiger partial charge < -0.3 is 4.74 Å². The molecule has 0 radical (unpaired) electrons. The number of halogens is 5. The van der Waals surface area contributed by atoms with Gasteiger partial charge in [0.1, 0.15) is 0 Å². The fourth-order valence-corrected chi connectivity index (χ4v) is 1.09. The molecule has 1 heterocycles. The molecule has 0 aliphatic carbocycles. The number of aromatic nitrogens is 1. The Morgan fingerprint density at radius 3 is 2.43 bits per heavy atom. The van der Waals surface area contributed by atoms with Crippen LogP contribution in [0.4, 0.5) is 13.2 Å². The summed E-state index contributed by atoms with van der Waals surface area (Å²) in [7, 11) is 0. The van der Waals surface area contributed by atoms with E-state index in [0.29, 0.717) is 0 Å². The lowest BCUT2D eigenvalue weighted by atomic mass is 10.3. The van der Waals surface area contributed by atoms with E-state index in [1.165, 1.54) is 13.0 Å². The van der Waals surface area contributed by atoms with Crippen LogP contribution in [0, 0.1) is 6.92 Å². The van der Waals surface area contributed by atoms with Gasteiger partial charge in [0.2, 0.25) is 5.88 Å². The van der Waals surface area contributed by atoms with Gasteiger partial charge in [-0.3, -0.25) is 0 Å². The van der Waals surface area contributed by atoms with Crippen molar-refractivity contribution in [1.29, 1.82) is 0 Å². The lowest BCUT2D eigenvalue weighted by molar-refractivity contribution is -0.276. The Morgan fingerprint density at radius 2 is 1.93 bits per heavy atom. The van der Waals surface area contributed by atoms with Crippen LogP contribution in [-0.2, 0) is 0 Å². The van der Waals surface area contributed by atoms with Gasteiger partial charge in [0.25, 0.3) is 0 Å². The predicted octanol–water partition coefficient (Wildman–Crippen LogP) is 3.60. The molecular formula is C7H4Cl2F3NO. The van der Waals surface area contributed by atoms with Crippen LogP contribution in [-0.4, -0.2) is 11.3 Å². The highest BCUT2D eigenvalue weighted by atomic mass is 35.5. The number of hydrogen-bond acceptors (Lipinski definition) is 2. The van der Waals surface area contributed by atoms with E-state index >= 15 is 0 Å². The molecule has 0 aliphatic rings. The van der Waals surface area contributed by atoms with Crippen molar-refractivity contribution >= 4 is 23.2 Å². The minimum atomic E-state index is -4.78. The molecule has 0 amide bonds. The average Bonchev–Trinajstić information content (AvgIpc) is 1.97. The van der Waals surface area contributed by atoms with Crippen LogP contribution in [0.1, 0.15) is 5.56 Å². The summed E-state index contributed by atoms with van der Waals surface area (Å²) in [5, 5.41) is -0.143. The Bertz CT molecular complexity index is 354. The summed E-state index contributed by atoms with van der Waals surface area (Å²) in [5.41, 5.74) is 0.164. The van der Waals surface area contributed by atoms with Crippen molar-refractivity contribution in [1.82, 2.24) is 4.98 Å². The molecule has 0 spiro atoms. The van der Waals surface area contributed by atoms with E-state index < -0.39 is 12.2 Å². The standard InChI is InChI=1S/C7H4Cl2F3NO/c1-3-2-4(8)5(9)13-6(3)14-7(10,11)12/h2H,1H3. The van der Waals surface area contributed by atoms with Crippen molar-refractivity contribution in [3.8, 4) is 5.88 Å². The van der Waals surface area contributed by atoms with E-state index in [-0.39, 0.29) is 15.7 Å². The van der Waals surface area contributed by atoms with E-state index in [1.54, 1.807) is 0 Å². The Balaban J connectivity index is 3.04. The average molecular weight is 246 g/mol. The monoisotopic (exact) mass is 245 g/mol. The van der Waals surface area contributed by atoms with Gasteiger partial charge in [-0.1, -0.05) is 23.2 Å². The summed E-state index contributed by atoms with van der Waals surface area (Å²) in [6.07, 6.45) is -4.78. The number of aryl methyl sites for hydroxylation is 1. The maximum absolute atomic E-state index is 11.8. The normalized spacial score (nSPS) is 11.6. The first-order chi connectivity index (χ1) is 6.29. The topological polar surface area (TPSA) is 22.1 Å². The summed E-state index contributed by atoms with van der Waals surface area (Å²) >= 11 is 11.0. The number of pyridine rings is 1. The van der Waals surface area contributed by atoms with Gasteiger partial charge in [0.05, 0.1) is 5.02 Å². The second-order valence-corrected chi connectivity index (χ2v) is 3.20. The molecule has 0 aromatic carbocycles. The molecule has 0 fully saturated rings. The Hall–Kier alpha value is -0.680. The van der Waals surface area contributed by atoms with Crippen molar-refractivity contribution in [2.45, 2.75) is 13.3 Å². The summed E-state index contributed by atoms with van der Waals surface area (Å²) < 4.78 is 39.1. The second-order valence-electron chi connectivity index (χ2n) is 2.43. The van der Waals surface area contributed by atoms with Gasteiger partial charge in [-0.05, 0) is 13.0 Å². The molecular weight excluding hydrogens is 242 g/mol. The molecule has 0 unspecified atom stereocenters. The van der Waals surface area contributed by atoms with Gasteiger partial charge in [-0.15, -0.1) is 13.2 Å². The molecule has 0 N–H and O–H groups in total. The molecule has 7 heteroatoms. The first kappa shape index (κ1) is 11.4. The first-order valence-corrected chi connectivity index (χ1v) is 4.13. The number of ether oxygens (including phenoxy) is 1. The fraction of sp³-hybridized carbons (Fsp3) is 0.286. The summed E-state index contributed by atoms with van der Waals surface area (Å²) in [4.78, 5) is 3.35. The number of alkyl halides is 3. The highest BCUT2D eigenvalue weighted by Crippen LogP contribution is 2.29. The molecule has 14 heavy (non-hydrogen) atoms. The second kappa shape index (κ2) is 3.82. The van der Waals surface area contributed by atoms with E-state index in [9.17, 15) is 13.2 Å². The third-order valence-electron chi connectivity index (χ3n) is 1.29. The fourth-order valence-electron chi connectivity index (χ4n) is 0.755. The molecule has 0 saturated carbocycles. The zero-order valence-corrected chi connectivity index (χ0v) is 8.33. The van der Waals surface area contributed by atoms with Crippen molar-refractivity contribution in [3.63, 3.8) is 0 Å². The minimum absolute atomic E-state index is 0.0821. The maximum atomic E-state index is 11.8. The first-order valence-electron chi connectivity index (χ1n) is 3.38. The summed E-state index contributed by atoms with van der Waals surface area (Å²) in [6, 6.07) is 1.25. The van der Waals surface area contributed by atoms with Gasteiger partial charge >= 0.3 is 6.36 Å². The third-order valence-corrected chi connectivity index (χ3v) is 1.96. The van der Waals surface area contributed by atoms with E-state index in [1.807, 2.05) is 0 Å². The van der Waals surface area contributed by atoms with Crippen molar-refractivity contribution in [3.05, 3.63) is 21.8 Å². The molecule has 78 valence electrons. The van der Waals surface area contributed by atoms with Gasteiger partial charge in [0, 0.05) is 5.56 Å². The zero-order valence-electron chi connectivity index (χ0n) is 6.82. The third kappa shape index (κ3) is 2.92. The van der Waals surface area contributed by atoms with Crippen molar-refractivity contribution < 1.29 is 17.9 Å². The molecule has 0 atom stereocenters. The maximum Gasteiger partial charge on any atom is 0.574 e. The van der Waals surface area contributed by atoms with Gasteiger partial charge in [-0.25, -0.2) is 0 Å². The number of hydrogen-bond donors (Lipinski definition) is 0. The van der Waals surface area contributed by atoms with E-state index in [0.717, 1.165) is 0 Å². The van der Waals surface area contributed by atoms with Crippen LogP contribution in [0.2, 0.25) is 10.2 Å². The molecule has 2 nitrogen and oxygen atoms in total.